The number of nitrogens with zero attached hydrogens (tertiary/aromatic N) is 6. The molecule has 0 radical (unpaired) electrons. The first-order valence-electron chi connectivity index (χ1n) is 13.4. The molecule has 0 bridgehead atoms. The number of hydrogen-bond donors (Lipinski definition) is 0. The molecule has 1 saturated carbocycles. The van der Waals surface area contributed by atoms with E-state index in [2.05, 4.69) is 10.3 Å². The van der Waals surface area contributed by atoms with Crippen molar-refractivity contribution in [3.63, 3.8) is 0 Å². The van der Waals surface area contributed by atoms with Crippen LogP contribution in [-0.2, 0) is 11.3 Å². The van der Waals surface area contributed by atoms with Gasteiger partial charge in [0.25, 0.3) is 17.7 Å². The first kappa shape index (κ1) is 27.7. The van der Waals surface area contributed by atoms with Crippen LogP contribution in [0.1, 0.15) is 68.9 Å². The highest BCUT2D eigenvalue weighted by Crippen LogP contribution is 2.33. The Morgan fingerprint density at radius 1 is 0.902 bits per heavy atom. The van der Waals surface area contributed by atoms with E-state index in [0.29, 0.717) is 38.6 Å². The zero-order valence-electron chi connectivity index (χ0n) is 21.9. The molecule has 4 amide bonds. The van der Waals surface area contributed by atoms with Crippen molar-refractivity contribution >= 4 is 58.4 Å². The molecule has 212 valence electrons. The van der Waals surface area contributed by atoms with Crippen LogP contribution in [0.4, 0.5) is 0 Å². The van der Waals surface area contributed by atoms with E-state index in [-0.39, 0.29) is 60.4 Å². The number of carbonyl (C=O) groups excluding carboxylic acids is 4. The maximum absolute atomic E-state index is 13.3. The third-order valence-corrected chi connectivity index (χ3v) is 8.61. The van der Waals surface area contributed by atoms with Gasteiger partial charge in [0.2, 0.25) is 5.91 Å². The molecule has 41 heavy (non-hydrogen) atoms. The SMILES string of the molecule is O=C1CN(C(=O)c2ccc3c(c2)C(=O)N(C2CCCCC2)C3=O)CCN1Cc1cn(-c2c(Cl)cc(Cl)cc2Cl)nn1. The number of carbonyl (C=O) groups is 4. The molecule has 0 N–H and O–H groups in total. The molecular weight excluding hydrogens is 591 g/mol. The zero-order chi connectivity index (χ0) is 28.8. The predicted octanol–water partition coefficient (Wildman–Crippen LogP) is 4.64. The van der Waals surface area contributed by atoms with Gasteiger partial charge in [-0.1, -0.05) is 59.3 Å². The van der Waals surface area contributed by atoms with E-state index in [0.717, 1.165) is 32.1 Å². The molecule has 0 atom stereocenters. The third-order valence-electron chi connectivity index (χ3n) is 7.82. The van der Waals surface area contributed by atoms with Crippen molar-refractivity contribution in [1.29, 1.82) is 0 Å². The highest BCUT2D eigenvalue weighted by atomic mass is 35.5. The fourth-order valence-corrected chi connectivity index (χ4v) is 6.71. The number of aromatic nitrogens is 3. The standard InChI is InChI=1S/C28H25Cl3N6O4/c29-17-11-22(30)25(23(31)12-17)36-14-18(32-33-36)13-34-8-9-35(15-24(34)38)26(39)16-6-7-20-21(10-16)28(41)37(27(20)40)19-4-2-1-3-5-19/h6-7,10-12,14,19H,1-5,8-9,13,15H2. The Hall–Kier alpha value is -3.47. The van der Waals surface area contributed by atoms with Gasteiger partial charge in [0, 0.05) is 29.7 Å². The Bertz CT molecular complexity index is 1560. The van der Waals surface area contributed by atoms with E-state index in [1.807, 2.05) is 0 Å². The molecule has 0 spiro atoms. The molecule has 2 aromatic carbocycles. The highest BCUT2D eigenvalue weighted by Gasteiger charge is 2.41. The van der Waals surface area contributed by atoms with Gasteiger partial charge in [0.15, 0.2) is 0 Å². The minimum absolute atomic E-state index is 0.0947. The Morgan fingerprint density at radius 3 is 2.32 bits per heavy atom. The summed E-state index contributed by atoms with van der Waals surface area (Å²) >= 11 is 18.6. The molecule has 0 unspecified atom stereocenters. The van der Waals surface area contributed by atoms with Gasteiger partial charge in [-0.25, -0.2) is 4.68 Å². The van der Waals surface area contributed by atoms with E-state index in [1.165, 1.54) is 20.5 Å². The second kappa shape index (κ2) is 11.1. The topological polar surface area (TPSA) is 109 Å². The lowest BCUT2D eigenvalue weighted by Gasteiger charge is -2.34. The van der Waals surface area contributed by atoms with Gasteiger partial charge in [-0.05, 0) is 43.2 Å². The maximum Gasteiger partial charge on any atom is 0.261 e. The highest BCUT2D eigenvalue weighted by molar-refractivity contribution is 6.40. The van der Waals surface area contributed by atoms with Crippen LogP contribution < -0.4 is 0 Å². The summed E-state index contributed by atoms with van der Waals surface area (Å²) in [6.45, 7) is 0.652. The molecule has 10 nitrogen and oxygen atoms in total. The number of rotatable bonds is 5. The molecule has 1 saturated heterocycles. The fourth-order valence-electron chi connectivity index (χ4n) is 5.72. The van der Waals surface area contributed by atoms with E-state index in [4.69, 9.17) is 34.8 Å². The molecule has 1 aromatic heterocycles. The first-order chi connectivity index (χ1) is 19.7. The summed E-state index contributed by atoms with van der Waals surface area (Å²) in [7, 11) is 0. The number of piperazine rings is 1. The maximum atomic E-state index is 13.3. The summed E-state index contributed by atoms with van der Waals surface area (Å²) in [5.74, 6) is -1.26. The Kier molecular flexibility index (Phi) is 7.48. The number of hydrogen-bond acceptors (Lipinski definition) is 6. The van der Waals surface area contributed by atoms with E-state index in [1.54, 1.807) is 35.4 Å². The van der Waals surface area contributed by atoms with Crippen molar-refractivity contribution in [3.8, 4) is 5.69 Å². The normalized spacial score (nSPS) is 17.9. The minimum Gasteiger partial charge on any atom is -0.333 e. The van der Waals surface area contributed by atoms with Crippen molar-refractivity contribution < 1.29 is 19.2 Å². The number of fused-ring (bicyclic) bond motifs is 1. The predicted molar refractivity (Wildman–Crippen MR) is 152 cm³/mol. The van der Waals surface area contributed by atoms with Crippen LogP contribution in [-0.4, -0.2) is 79.0 Å². The molecule has 1 aliphatic carbocycles. The summed E-state index contributed by atoms with van der Waals surface area (Å²) in [4.78, 5) is 56.8. The van der Waals surface area contributed by atoms with Gasteiger partial charge in [0.1, 0.15) is 17.9 Å². The fraction of sp³-hybridized carbons (Fsp3) is 0.357. The molecule has 13 heteroatoms. The van der Waals surface area contributed by atoms with Crippen LogP contribution in [0.3, 0.4) is 0 Å². The summed E-state index contributed by atoms with van der Waals surface area (Å²) in [5.41, 5.74) is 1.79. The van der Waals surface area contributed by atoms with Crippen LogP contribution in [0.2, 0.25) is 15.1 Å². The lowest BCUT2D eigenvalue weighted by atomic mass is 9.94. The van der Waals surface area contributed by atoms with Crippen molar-refractivity contribution in [2.24, 2.45) is 0 Å². The van der Waals surface area contributed by atoms with Crippen molar-refractivity contribution in [2.45, 2.75) is 44.7 Å². The average molecular weight is 616 g/mol. The van der Waals surface area contributed by atoms with Crippen molar-refractivity contribution in [3.05, 3.63) is 74.0 Å². The summed E-state index contributed by atoms with van der Waals surface area (Å²) in [5, 5.41) is 9.23. The number of amides is 4. The van der Waals surface area contributed by atoms with Gasteiger partial charge < -0.3 is 9.80 Å². The molecule has 6 rings (SSSR count). The molecule has 3 aromatic rings. The largest absolute Gasteiger partial charge is 0.333 e. The van der Waals surface area contributed by atoms with Gasteiger partial charge in [-0.15, -0.1) is 5.10 Å². The summed E-state index contributed by atoms with van der Waals surface area (Å²) in [6.07, 6.45) is 6.34. The number of benzene rings is 2. The minimum atomic E-state index is -0.366. The summed E-state index contributed by atoms with van der Waals surface area (Å²) in [6, 6.07) is 7.59. The van der Waals surface area contributed by atoms with Crippen LogP contribution in [0.15, 0.2) is 36.5 Å². The number of imide groups is 1. The monoisotopic (exact) mass is 614 g/mol. The quantitative estimate of drug-likeness (QED) is 0.387. The van der Waals surface area contributed by atoms with E-state index >= 15 is 0 Å². The van der Waals surface area contributed by atoms with Crippen LogP contribution in [0, 0.1) is 0 Å². The smallest absolute Gasteiger partial charge is 0.261 e. The molecule has 3 heterocycles. The lowest BCUT2D eigenvalue weighted by molar-refractivity contribution is -0.135. The second-order valence-corrected chi connectivity index (χ2v) is 11.7. The Labute approximate surface area is 250 Å². The Balaban J connectivity index is 1.11. The molecular formula is C28H25Cl3N6O4. The zero-order valence-corrected chi connectivity index (χ0v) is 24.1. The van der Waals surface area contributed by atoms with Gasteiger partial charge in [0.05, 0.1) is 33.9 Å². The van der Waals surface area contributed by atoms with Gasteiger partial charge in [-0.2, -0.15) is 0 Å². The average Bonchev–Trinajstić information content (AvgIpc) is 3.50. The van der Waals surface area contributed by atoms with Crippen LogP contribution in [0.25, 0.3) is 5.69 Å². The third kappa shape index (κ3) is 5.20. The second-order valence-electron chi connectivity index (χ2n) is 10.4. The van der Waals surface area contributed by atoms with Gasteiger partial charge >= 0.3 is 0 Å². The van der Waals surface area contributed by atoms with Gasteiger partial charge in [-0.3, -0.25) is 24.1 Å². The summed E-state index contributed by atoms with van der Waals surface area (Å²) < 4.78 is 1.43. The van der Waals surface area contributed by atoms with Crippen LogP contribution in [0.5, 0.6) is 0 Å². The molecule has 3 aliphatic rings. The number of halogens is 3. The van der Waals surface area contributed by atoms with Crippen LogP contribution >= 0.6 is 34.8 Å². The van der Waals surface area contributed by atoms with Crippen molar-refractivity contribution in [1.82, 2.24) is 29.7 Å². The van der Waals surface area contributed by atoms with E-state index in [9.17, 15) is 19.2 Å². The lowest BCUT2D eigenvalue weighted by Crippen LogP contribution is -2.51. The Morgan fingerprint density at radius 2 is 1.61 bits per heavy atom. The first-order valence-corrected chi connectivity index (χ1v) is 14.5. The van der Waals surface area contributed by atoms with E-state index < -0.39 is 0 Å². The molecule has 2 fully saturated rings. The molecule has 2 aliphatic heterocycles. The van der Waals surface area contributed by atoms with Crippen molar-refractivity contribution in [2.75, 3.05) is 19.6 Å².